The predicted octanol–water partition coefficient (Wildman–Crippen LogP) is 5.35. The summed E-state index contributed by atoms with van der Waals surface area (Å²) >= 11 is 11.9. The number of carbonyl (C=O) groups excluding carboxylic acids is 2. The van der Waals surface area contributed by atoms with Crippen molar-refractivity contribution in [3.63, 3.8) is 0 Å². The highest BCUT2D eigenvalue weighted by Gasteiger charge is 2.33. The first-order chi connectivity index (χ1) is 13.5. The minimum atomic E-state index is -0.479. The Hall–Kier alpha value is -3.02. The number of halogens is 2. The van der Waals surface area contributed by atoms with E-state index in [4.69, 9.17) is 27.6 Å². The minimum absolute atomic E-state index is 0.158. The molecule has 3 aromatic rings. The molecule has 2 aromatic carbocycles. The first-order valence-corrected chi connectivity index (χ1v) is 9.20. The molecule has 1 aromatic heterocycles. The average Bonchev–Trinajstić information content (AvgIpc) is 3.24. The molecule has 140 valence electrons. The summed E-state index contributed by atoms with van der Waals surface area (Å²) in [4.78, 5) is 25.9. The summed E-state index contributed by atoms with van der Waals surface area (Å²) in [6.07, 6.45) is 1.51. The third kappa shape index (κ3) is 3.81. The first-order valence-electron chi connectivity index (χ1n) is 8.44. The van der Waals surface area contributed by atoms with Gasteiger partial charge in [-0.1, -0.05) is 47.5 Å². The zero-order valence-corrected chi connectivity index (χ0v) is 16.0. The summed E-state index contributed by atoms with van der Waals surface area (Å²) in [6.45, 7) is 0.158. The molecule has 0 radical (unpaired) electrons. The molecule has 1 aliphatic rings. The minimum Gasteiger partial charge on any atom is -0.457 e. The molecule has 0 unspecified atom stereocenters. The van der Waals surface area contributed by atoms with Crippen molar-refractivity contribution in [1.82, 2.24) is 10.2 Å². The number of benzene rings is 2. The van der Waals surface area contributed by atoms with Crippen LogP contribution in [0.1, 0.15) is 11.3 Å². The molecule has 7 heteroatoms. The van der Waals surface area contributed by atoms with Crippen molar-refractivity contribution in [3.8, 4) is 11.3 Å². The summed E-state index contributed by atoms with van der Waals surface area (Å²) < 4.78 is 5.77. The van der Waals surface area contributed by atoms with E-state index in [-0.39, 0.29) is 12.2 Å². The molecule has 0 atom stereocenters. The molecule has 4 rings (SSSR count). The van der Waals surface area contributed by atoms with Crippen molar-refractivity contribution in [1.29, 1.82) is 0 Å². The number of hydrogen-bond donors (Lipinski definition) is 1. The van der Waals surface area contributed by atoms with E-state index in [1.54, 1.807) is 48.5 Å². The van der Waals surface area contributed by atoms with Crippen molar-refractivity contribution in [3.05, 3.63) is 87.7 Å². The number of nitrogens with one attached hydrogen (secondary N) is 1. The number of hydrogen-bond acceptors (Lipinski definition) is 3. The fraction of sp³-hybridized carbons (Fsp3) is 0.0476. The summed E-state index contributed by atoms with van der Waals surface area (Å²) in [5, 5.41) is 3.78. The maximum absolute atomic E-state index is 12.6. The number of nitrogens with zero attached hydrogens (tertiary/aromatic N) is 1. The van der Waals surface area contributed by atoms with Crippen LogP contribution in [0, 0.1) is 0 Å². The highest BCUT2D eigenvalue weighted by molar-refractivity contribution is 6.31. The number of carbonyl (C=O) groups is 2. The van der Waals surface area contributed by atoms with Gasteiger partial charge in [-0.15, -0.1) is 0 Å². The van der Waals surface area contributed by atoms with Crippen molar-refractivity contribution < 1.29 is 14.0 Å². The quantitative estimate of drug-likeness (QED) is 0.464. The third-order valence-electron chi connectivity index (χ3n) is 4.24. The van der Waals surface area contributed by atoms with Crippen LogP contribution in [0.3, 0.4) is 0 Å². The van der Waals surface area contributed by atoms with E-state index < -0.39 is 11.9 Å². The standard InChI is InChI=1S/C21H14Cl2N2O3/c22-15-6-4-13(5-7-15)12-25-20(26)18(24-21(25)27)11-17-8-9-19(28-17)14-2-1-3-16(23)10-14/h1-11H,12H2,(H,24,27). The molecule has 1 saturated heterocycles. The van der Waals surface area contributed by atoms with Gasteiger partial charge in [-0.3, -0.25) is 9.69 Å². The van der Waals surface area contributed by atoms with Gasteiger partial charge in [-0.05, 0) is 42.0 Å². The Bertz CT molecular complexity index is 1090. The number of furan rings is 1. The van der Waals surface area contributed by atoms with Gasteiger partial charge in [-0.2, -0.15) is 0 Å². The monoisotopic (exact) mass is 412 g/mol. The lowest BCUT2D eigenvalue weighted by Gasteiger charge is -2.11. The lowest BCUT2D eigenvalue weighted by Crippen LogP contribution is -2.30. The molecule has 0 saturated carbocycles. The summed E-state index contributed by atoms with van der Waals surface area (Å²) in [7, 11) is 0. The van der Waals surface area contributed by atoms with Crippen LogP contribution in [0.25, 0.3) is 17.4 Å². The Morgan fingerprint density at radius 3 is 2.50 bits per heavy atom. The molecule has 0 bridgehead atoms. The zero-order valence-electron chi connectivity index (χ0n) is 14.5. The number of imide groups is 1. The Balaban J connectivity index is 1.53. The van der Waals surface area contributed by atoms with Gasteiger partial charge in [0.2, 0.25) is 0 Å². The second kappa shape index (κ2) is 7.54. The van der Waals surface area contributed by atoms with Gasteiger partial charge in [0.25, 0.3) is 5.91 Å². The SMILES string of the molecule is O=C1NC(=Cc2ccc(-c3cccc(Cl)c3)o2)C(=O)N1Cc1ccc(Cl)cc1. The van der Waals surface area contributed by atoms with Gasteiger partial charge in [0.1, 0.15) is 17.2 Å². The largest absolute Gasteiger partial charge is 0.457 e. The Kier molecular flexibility index (Phi) is 4.94. The number of amides is 3. The second-order valence-electron chi connectivity index (χ2n) is 6.22. The summed E-state index contributed by atoms with van der Waals surface area (Å²) in [5.74, 6) is 0.650. The Morgan fingerprint density at radius 2 is 1.75 bits per heavy atom. The Labute approximate surface area is 171 Å². The van der Waals surface area contributed by atoms with Gasteiger partial charge in [-0.25, -0.2) is 4.79 Å². The molecule has 3 amide bonds. The molecule has 1 aliphatic heterocycles. The van der Waals surface area contributed by atoms with Gasteiger partial charge in [0.15, 0.2) is 0 Å². The lowest BCUT2D eigenvalue weighted by atomic mass is 10.2. The average molecular weight is 413 g/mol. The van der Waals surface area contributed by atoms with E-state index in [0.29, 0.717) is 21.6 Å². The predicted molar refractivity (Wildman–Crippen MR) is 108 cm³/mol. The topological polar surface area (TPSA) is 62.6 Å². The van der Waals surface area contributed by atoms with E-state index in [2.05, 4.69) is 5.32 Å². The smallest absolute Gasteiger partial charge is 0.329 e. The van der Waals surface area contributed by atoms with Crippen LogP contribution >= 0.6 is 23.2 Å². The van der Waals surface area contributed by atoms with E-state index in [0.717, 1.165) is 16.0 Å². The molecule has 1 N–H and O–H groups in total. The first kappa shape index (κ1) is 18.3. The van der Waals surface area contributed by atoms with Crippen LogP contribution in [0.4, 0.5) is 4.79 Å². The maximum atomic E-state index is 12.6. The van der Waals surface area contributed by atoms with Gasteiger partial charge in [0, 0.05) is 21.7 Å². The van der Waals surface area contributed by atoms with Crippen LogP contribution in [0.2, 0.25) is 10.0 Å². The normalized spacial score (nSPS) is 15.4. The highest BCUT2D eigenvalue weighted by atomic mass is 35.5. The van der Waals surface area contributed by atoms with Gasteiger partial charge in [0.05, 0.1) is 6.54 Å². The molecule has 5 nitrogen and oxygen atoms in total. The van der Waals surface area contributed by atoms with Gasteiger partial charge < -0.3 is 9.73 Å². The molecule has 28 heavy (non-hydrogen) atoms. The van der Waals surface area contributed by atoms with Crippen LogP contribution < -0.4 is 5.32 Å². The van der Waals surface area contributed by atoms with E-state index in [1.165, 1.54) is 6.08 Å². The van der Waals surface area contributed by atoms with E-state index in [1.807, 2.05) is 12.1 Å². The van der Waals surface area contributed by atoms with Crippen molar-refractivity contribution in [2.45, 2.75) is 6.54 Å². The van der Waals surface area contributed by atoms with E-state index in [9.17, 15) is 9.59 Å². The third-order valence-corrected chi connectivity index (χ3v) is 4.73. The second-order valence-corrected chi connectivity index (χ2v) is 7.09. The molecular formula is C21H14Cl2N2O3. The summed E-state index contributed by atoms with van der Waals surface area (Å²) in [5.41, 5.74) is 1.78. The van der Waals surface area contributed by atoms with Crippen molar-refractivity contribution in [2.24, 2.45) is 0 Å². The molecular weight excluding hydrogens is 399 g/mol. The molecule has 0 aliphatic carbocycles. The fourth-order valence-corrected chi connectivity index (χ4v) is 3.17. The summed E-state index contributed by atoms with van der Waals surface area (Å²) in [6, 6.07) is 17.3. The molecule has 2 heterocycles. The molecule has 0 spiro atoms. The number of rotatable bonds is 4. The van der Waals surface area contributed by atoms with Crippen LogP contribution in [0.5, 0.6) is 0 Å². The Morgan fingerprint density at radius 1 is 0.964 bits per heavy atom. The van der Waals surface area contributed by atoms with Crippen LogP contribution in [0.15, 0.2) is 70.8 Å². The van der Waals surface area contributed by atoms with Crippen LogP contribution in [-0.2, 0) is 11.3 Å². The molecule has 1 fully saturated rings. The van der Waals surface area contributed by atoms with E-state index >= 15 is 0 Å². The number of urea groups is 1. The van der Waals surface area contributed by atoms with Crippen molar-refractivity contribution >= 4 is 41.2 Å². The van der Waals surface area contributed by atoms with Crippen LogP contribution in [-0.4, -0.2) is 16.8 Å². The highest BCUT2D eigenvalue weighted by Crippen LogP contribution is 2.26. The van der Waals surface area contributed by atoms with Crippen molar-refractivity contribution in [2.75, 3.05) is 0 Å². The maximum Gasteiger partial charge on any atom is 0.329 e. The zero-order chi connectivity index (χ0) is 19.7. The van der Waals surface area contributed by atoms with Gasteiger partial charge >= 0.3 is 6.03 Å². The lowest BCUT2D eigenvalue weighted by molar-refractivity contribution is -0.123. The fourth-order valence-electron chi connectivity index (χ4n) is 2.86.